The molecule has 10 nitrogen and oxygen atoms in total. The van der Waals surface area contributed by atoms with Gasteiger partial charge in [0.15, 0.2) is 17.3 Å². The van der Waals surface area contributed by atoms with Crippen molar-refractivity contribution in [3.63, 3.8) is 0 Å². The molecule has 1 aromatic heterocycles. The summed E-state index contributed by atoms with van der Waals surface area (Å²) in [6, 6.07) is 16.3. The standard InChI is InChI=1S/C37H35ClFN3O7/c1-3-45-36(44)37(2,21-43)42-19-24-14-29(38)33(15-32(24)48-20-23-13-22(16-40)17-41-18-23)49-30-9-7-26-25(5-4-6-27(26)30)28-8-10-31-35(34(28)39)47-12-11-46-31/h4-6,8,10,13-15,17-18,30,42-43H,3,7,9,11-12,19-21H2,1-2H3/t30-,37-/m0/s1. The summed E-state index contributed by atoms with van der Waals surface area (Å²) in [4.78, 5) is 16.7. The van der Waals surface area contributed by atoms with Crippen molar-refractivity contribution in [1.82, 2.24) is 10.3 Å². The number of nitrogens with zero attached hydrogens (tertiary/aromatic N) is 2. The molecule has 49 heavy (non-hydrogen) atoms. The van der Waals surface area contributed by atoms with Crippen LogP contribution in [-0.2, 0) is 29.1 Å². The van der Waals surface area contributed by atoms with E-state index < -0.39 is 23.9 Å². The third-order valence-corrected chi connectivity index (χ3v) is 8.86. The number of fused-ring (bicyclic) bond motifs is 2. The summed E-state index contributed by atoms with van der Waals surface area (Å²) in [5.74, 6) is 0.235. The van der Waals surface area contributed by atoms with Crippen LogP contribution in [0.15, 0.2) is 60.9 Å². The highest BCUT2D eigenvalue weighted by Crippen LogP contribution is 2.45. The van der Waals surface area contributed by atoms with E-state index in [-0.39, 0.29) is 38.2 Å². The number of aliphatic hydroxyl groups excluding tert-OH is 1. The Balaban J connectivity index is 1.29. The molecule has 3 aromatic carbocycles. The van der Waals surface area contributed by atoms with Gasteiger partial charge in [-0.05, 0) is 67.6 Å². The normalized spacial score (nSPS) is 15.9. The van der Waals surface area contributed by atoms with Crippen molar-refractivity contribution in [2.45, 2.75) is 51.5 Å². The molecule has 0 saturated carbocycles. The van der Waals surface area contributed by atoms with E-state index in [1.165, 1.54) is 6.20 Å². The van der Waals surface area contributed by atoms with Crippen molar-refractivity contribution in [3.05, 3.63) is 99.6 Å². The molecule has 2 N–H and O–H groups in total. The smallest absolute Gasteiger partial charge is 0.328 e. The molecule has 0 saturated heterocycles. The number of nitrogens with one attached hydrogen (secondary N) is 1. The number of aliphatic hydroxyl groups is 1. The van der Waals surface area contributed by atoms with Crippen LogP contribution in [-0.4, -0.2) is 48.0 Å². The number of carbonyl (C=O) groups is 1. The van der Waals surface area contributed by atoms with Gasteiger partial charge in [0.1, 0.15) is 49.0 Å². The molecule has 2 heterocycles. The number of esters is 1. The summed E-state index contributed by atoms with van der Waals surface area (Å²) in [6.45, 7) is 3.74. The van der Waals surface area contributed by atoms with Crippen LogP contribution < -0.4 is 24.3 Å². The van der Waals surface area contributed by atoms with E-state index in [0.717, 1.165) is 16.7 Å². The Labute approximate surface area is 288 Å². The van der Waals surface area contributed by atoms with Gasteiger partial charge >= 0.3 is 5.97 Å². The summed E-state index contributed by atoms with van der Waals surface area (Å²) < 4.78 is 44.7. The Kier molecular flexibility index (Phi) is 10.2. The molecule has 0 fully saturated rings. The lowest BCUT2D eigenvalue weighted by Gasteiger charge is -2.27. The molecule has 0 unspecified atom stereocenters. The average Bonchev–Trinajstić information content (AvgIpc) is 3.54. The topological polar surface area (TPSA) is 132 Å². The number of ether oxygens (including phenoxy) is 5. The number of aromatic nitrogens is 1. The Hall–Kier alpha value is -4.89. The number of nitriles is 1. The van der Waals surface area contributed by atoms with E-state index in [0.29, 0.717) is 64.0 Å². The first-order valence-corrected chi connectivity index (χ1v) is 16.3. The van der Waals surface area contributed by atoms with Gasteiger partial charge in [0.05, 0.1) is 23.8 Å². The molecule has 12 heteroatoms. The zero-order chi connectivity index (χ0) is 34.5. The molecule has 0 spiro atoms. The second-order valence-corrected chi connectivity index (χ2v) is 12.3. The zero-order valence-electron chi connectivity index (χ0n) is 27.1. The van der Waals surface area contributed by atoms with Gasteiger partial charge in [-0.2, -0.15) is 5.26 Å². The van der Waals surface area contributed by atoms with Crippen LogP contribution in [0.25, 0.3) is 11.1 Å². The SMILES string of the molecule is CCOC(=O)[C@](C)(CO)NCc1cc(Cl)c(O[C@H]2CCc3c(-c4ccc5c(c4F)OCCO5)cccc32)cc1OCc1cncc(C#N)c1. The highest BCUT2D eigenvalue weighted by Gasteiger charge is 2.34. The fourth-order valence-electron chi connectivity index (χ4n) is 5.93. The fourth-order valence-corrected chi connectivity index (χ4v) is 6.17. The quantitative estimate of drug-likeness (QED) is 0.165. The van der Waals surface area contributed by atoms with Gasteiger partial charge in [-0.15, -0.1) is 0 Å². The molecule has 2 atom stereocenters. The van der Waals surface area contributed by atoms with Crippen molar-refractivity contribution in [3.8, 4) is 40.2 Å². The van der Waals surface area contributed by atoms with E-state index in [2.05, 4.69) is 16.4 Å². The minimum Gasteiger partial charge on any atom is -0.488 e. The first-order chi connectivity index (χ1) is 23.7. The number of benzene rings is 3. The zero-order valence-corrected chi connectivity index (χ0v) is 27.8. The lowest BCUT2D eigenvalue weighted by atomic mass is 9.96. The molecular weight excluding hydrogens is 653 g/mol. The molecule has 0 radical (unpaired) electrons. The summed E-state index contributed by atoms with van der Waals surface area (Å²) in [5.41, 5.74) is 3.37. The van der Waals surface area contributed by atoms with E-state index in [9.17, 15) is 15.2 Å². The number of hydrogen-bond acceptors (Lipinski definition) is 10. The molecule has 254 valence electrons. The van der Waals surface area contributed by atoms with Crippen LogP contribution in [0.2, 0.25) is 5.02 Å². The monoisotopic (exact) mass is 687 g/mol. The predicted octanol–water partition coefficient (Wildman–Crippen LogP) is 6.23. The number of carbonyl (C=O) groups excluding carboxylic acids is 1. The van der Waals surface area contributed by atoms with Crippen LogP contribution in [0.3, 0.4) is 0 Å². The third kappa shape index (κ3) is 7.13. The van der Waals surface area contributed by atoms with Gasteiger partial charge in [0.2, 0.25) is 0 Å². The van der Waals surface area contributed by atoms with Crippen molar-refractivity contribution < 1.29 is 38.0 Å². The maximum atomic E-state index is 15.6. The molecule has 4 aromatic rings. The van der Waals surface area contributed by atoms with E-state index in [1.54, 1.807) is 50.4 Å². The third-order valence-electron chi connectivity index (χ3n) is 8.57. The van der Waals surface area contributed by atoms with Crippen LogP contribution in [0, 0.1) is 17.1 Å². The average molecular weight is 688 g/mol. The van der Waals surface area contributed by atoms with E-state index in [1.807, 2.05) is 18.2 Å². The molecule has 1 aliphatic heterocycles. The molecule has 0 bridgehead atoms. The fraction of sp³-hybridized carbons (Fsp3) is 0.324. The maximum Gasteiger partial charge on any atom is 0.328 e. The lowest BCUT2D eigenvalue weighted by Crippen LogP contribution is -2.53. The van der Waals surface area contributed by atoms with Crippen LogP contribution in [0.1, 0.15) is 54.2 Å². The van der Waals surface area contributed by atoms with E-state index in [4.69, 9.17) is 35.3 Å². The van der Waals surface area contributed by atoms with Gasteiger partial charge < -0.3 is 28.8 Å². The van der Waals surface area contributed by atoms with Gasteiger partial charge in [-0.1, -0.05) is 29.8 Å². The number of halogens is 2. The van der Waals surface area contributed by atoms with Crippen molar-refractivity contribution in [1.29, 1.82) is 5.26 Å². The maximum absolute atomic E-state index is 15.6. The summed E-state index contributed by atoms with van der Waals surface area (Å²) in [6.07, 6.45) is 3.99. The van der Waals surface area contributed by atoms with E-state index >= 15 is 4.39 Å². The lowest BCUT2D eigenvalue weighted by molar-refractivity contribution is -0.152. The number of pyridine rings is 1. The predicted molar refractivity (Wildman–Crippen MR) is 178 cm³/mol. The van der Waals surface area contributed by atoms with Gasteiger partial charge in [-0.25, -0.2) is 9.18 Å². The Morgan fingerprint density at radius 3 is 2.80 bits per heavy atom. The molecule has 2 aliphatic rings. The van der Waals surface area contributed by atoms with Crippen molar-refractivity contribution in [2.75, 3.05) is 26.4 Å². The van der Waals surface area contributed by atoms with Crippen molar-refractivity contribution >= 4 is 17.6 Å². The highest BCUT2D eigenvalue weighted by molar-refractivity contribution is 6.32. The summed E-state index contributed by atoms with van der Waals surface area (Å²) in [5, 5.41) is 22.7. The highest BCUT2D eigenvalue weighted by atomic mass is 35.5. The first-order valence-electron chi connectivity index (χ1n) is 15.9. The minimum atomic E-state index is -1.37. The van der Waals surface area contributed by atoms with Gasteiger partial charge in [0.25, 0.3) is 0 Å². The van der Waals surface area contributed by atoms with Crippen molar-refractivity contribution in [2.24, 2.45) is 0 Å². The molecule has 1 aliphatic carbocycles. The second kappa shape index (κ2) is 14.7. The largest absolute Gasteiger partial charge is 0.488 e. The number of rotatable bonds is 12. The van der Waals surface area contributed by atoms with Crippen LogP contribution in [0.4, 0.5) is 4.39 Å². The Bertz CT molecular complexity index is 1920. The second-order valence-electron chi connectivity index (χ2n) is 11.9. The Morgan fingerprint density at radius 2 is 2.00 bits per heavy atom. The summed E-state index contributed by atoms with van der Waals surface area (Å²) in [7, 11) is 0. The minimum absolute atomic E-state index is 0.0858. The van der Waals surface area contributed by atoms with Gasteiger partial charge in [-0.3, -0.25) is 10.3 Å². The van der Waals surface area contributed by atoms with Crippen LogP contribution >= 0.6 is 11.6 Å². The van der Waals surface area contributed by atoms with Gasteiger partial charge in [0, 0.05) is 41.7 Å². The summed E-state index contributed by atoms with van der Waals surface area (Å²) >= 11 is 6.80. The molecule has 6 rings (SSSR count). The molecular formula is C37H35ClFN3O7. The number of hydrogen-bond donors (Lipinski definition) is 2. The first kappa shape index (κ1) is 34.0. The Morgan fingerprint density at radius 1 is 1.16 bits per heavy atom. The van der Waals surface area contributed by atoms with Crippen LogP contribution in [0.5, 0.6) is 23.0 Å². The molecule has 0 amide bonds.